The molecule has 1 aromatic carbocycles. The van der Waals surface area contributed by atoms with Gasteiger partial charge in [-0.1, -0.05) is 12.1 Å². The Labute approximate surface area is 107 Å². The molecule has 0 saturated heterocycles. The third-order valence-corrected chi connectivity index (χ3v) is 2.67. The van der Waals surface area contributed by atoms with E-state index in [0.29, 0.717) is 23.1 Å². The lowest BCUT2D eigenvalue weighted by molar-refractivity contribution is -0.137. The highest BCUT2D eigenvalue weighted by Crippen LogP contribution is 2.31. The Balaban J connectivity index is 2.46. The molecule has 19 heavy (non-hydrogen) atoms. The molecule has 2 rings (SSSR count). The van der Waals surface area contributed by atoms with Gasteiger partial charge in [0.05, 0.1) is 11.3 Å². The number of hydrogen-bond acceptors (Lipinski definition) is 2. The largest absolute Gasteiger partial charge is 0.416 e. The van der Waals surface area contributed by atoms with Crippen LogP contribution in [-0.4, -0.2) is 11.3 Å². The van der Waals surface area contributed by atoms with Crippen molar-refractivity contribution in [1.29, 1.82) is 0 Å². The van der Waals surface area contributed by atoms with E-state index in [1.54, 1.807) is 19.2 Å². The van der Waals surface area contributed by atoms with Crippen LogP contribution in [0.5, 0.6) is 0 Å². The topological polar surface area (TPSA) is 30.0 Å². The van der Waals surface area contributed by atoms with E-state index in [2.05, 4.69) is 4.98 Å². The number of carbonyl (C=O) groups excluding carboxylic acids is 1. The van der Waals surface area contributed by atoms with Gasteiger partial charge in [-0.05, 0) is 30.7 Å². The number of alkyl halides is 3. The van der Waals surface area contributed by atoms with Gasteiger partial charge in [0.2, 0.25) is 0 Å². The summed E-state index contributed by atoms with van der Waals surface area (Å²) < 4.78 is 37.3. The molecule has 0 aliphatic heterocycles. The summed E-state index contributed by atoms with van der Waals surface area (Å²) in [5.41, 5.74) is 1.32. The number of nitrogens with zero attached hydrogens (tertiary/aromatic N) is 1. The molecule has 1 heterocycles. The van der Waals surface area contributed by atoms with Crippen LogP contribution in [0, 0.1) is 6.92 Å². The maximum Gasteiger partial charge on any atom is 0.416 e. The number of aryl methyl sites for hydroxylation is 1. The van der Waals surface area contributed by atoms with Crippen molar-refractivity contribution in [2.45, 2.75) is 13.1 Å². The second-order valence-corrected chi connectivity index (χ2v) is 4.14. The molecule has 1 aromatic heterocycles. The average molecular weight is 265 g/mol. The molecule has 0 aliphatic carbocycles. The minimum atomic E-state index is -4.37. The van der Waals surface area contributed by atoms with Crippen LogP contribution in [0.3, 0.4) is 0 Å². The predicted octanol–water partition coefficient (Wildman–Crippen LogP) is 3.89. The molecular formula is C14H10F3NO. The molecule has 0 N–H and O–H groups in total. The molecule has 2 nitrogen and oxygen atoms in total. The van der Waals surface area contributed by atoms with E-state index in [1.165, 1.54) is 12.1 Å². The van der Waals surface area contributed by atoms with Crippen LogP contribution < -0.4 is 0 Å². The molecule has 0 fully saturated rings. The van der Waals surface area contributed by atoms with Gasteiger partial charge in [0.1, 0.15) is 0 Å². The zero-order valence-corrected chi connectivity index (χ0v) is 10.0. The van der Waals surface area contributed by atoms with E-state index >= 15 is 0 Å². The van der Waals surface area contributed by atoms with Gasteiger partial charge < -0.3 is 0 Å². The third-order valence-electron chi connectivity index (χ3n) is 2.67. The van der Waals surface area contributed by atoms with Crippen molar-refractivity contribution < 1.29 is 18.0 Å². The van der Waals surface area contributed by atoms with Crippen molar-refractivity contribution in [3.8, 4) is 11.3 Å². The fourth-order valence-corrected chi connectivity index (χ4v) is 1.74. The van der Waals surface area contributed by atoms with E-state index in [1.807, 2.05) is 0 Å². The summed E-state index contributed by atoms with van der Waals surface area (Å²) in [6, 6.07) is 6.23. The Morgan fingerprint density at radius 3 is 2.32 bits per heavy atom. The van der Waals surface area contributed by atoms with Crippen LogP contribution in [0.1, 0.15) is 21.5 Å². The number of aldehydes is 1. The molecule has 0 radical (unpaired) electrons. The lowest BCUT2D eigenvalue weighted by Gasteiger charge is -2.08. The minimum Gasteiger partial charge on any atom is -0.298 e. The summed E-state index contributed by atoms with van der Waals surface area (Å²) in [6.07, 6.45) is -2.15. The number of halogens is 3. The highest BCUT2D eigenvalue weighted by atomic mass is 19.4. The number of benzene rings is 1. The van der Waals surface area contributed by atoms with E-state index in [9.17, 15) is 18.0 Å². The molecule has 0 atom stereocenters. The Kier molecular flexibility index (Phi) is 3.38. The molecule has 5 heteroatoms. The second-order valence-electron chi connectivity index (χ2n) is 4.14. The fraction of sp³-hybridized carbons (Fsp3) is 0.143. The van der Waals surface area contributed by atoms with Crippen molar-refractivity contribution in [2.75, 3.05) is 0 Å². The van der Waals surface area contributed by atoms with E-state index in [4.69, 9.17) is 0 Å². The van der Waals surface area contributed by atoms with E-state index in [0.717, 1.165) is 17.7 Å². The van der Waals surface area contributed by atoms with Crippen molar-refractivity contribution >= 4 is 6.29 Å². The summed E-state index contributed by atoms with van der Waals surface area (Å²) in [6.45, 7) is 1.79. The SMILES string of the molecule is Cc1cnc(-c2ccc(C(F)(F)F)cc2)c(C=O)c1. The molecule has 0 aliphatic rings. The molecule has 2 aromatic rings. The van der Waals surface area contributed by atoms with Gasteiger partial charge in [-0.25, -0.2) is 0 Å². The van der Waals surface area contributed by atoms with Crippen molar-refractivity contribution in [1.82, 2.24) is 4.98 Å². The van der Waals surface area contributed by atoms with Gasteiger partial charge in [-0.3, -0.25) is 9.78 Å². The molecule has 0 amide bonds. The molecule has 0 saturated carbocycles. The van der Waals surface area contributed by atoms with E-state index in [-0.39, 0.29) is 0 Å². The predicted molar refractivity (Wildman–Crippen MR) is 64.8 cm³/mol. The summed E-state index contributed by atoms with van der Waals surface area (Å²) in [7, 11) is 0. The average Bonchev–Trinajstić information content (AvgIpc) is 2.37. The Morgan fingerprint density at radius 2 is 1.79 bits per heavy atom. The lowest BCUT2D eigenvalue weighted by atomic mass is 10.0. The Hall–Kier alpha value is -2.17. The maximum atomic E-state index is 12.4. The molecule has 0 bridgehead atoms. The Bertz CT molecular complexity index is 603. The van der Waals surface area contributed by atoms with Crippen LogP contribution in [-0.2, 0) is 6.18 Å². The number of pyridine rings is 1. The van der Waals surface area contributed by atoms with Crippen LogP contribution in [0.2, 0.25) is 0 Å². The van der Waals surface area contributed by atoms with Crippen LogP contribution >= 0.6 is 0 Å². The number of hydrogen-bond donors (Lipinski definition) is 0. The maximum absolute atomic E-state index is 12.4. The standard InChI is InChI=1S/C14H10F3NO/c1-9-6-11(8-19)13(18-7-9)10-2-4-12(5-3-10)14(15,16)17/h2-8H,1H3. The summed E-state index contributed by atoms with van der Waals surface area (Å²) >= 11 is 0. The first kappa shape index (κ1) is 13.3. The van der Waals surface area contributed by atoms with Gasteiger partial charge >= 0.3 is 6.18 Å². The van der Waals surface area contributed by atoms with Crippen LogP contribution in [0.15, 0.2) is 36.5 Å². The van der Waals surface area contributed by atoms with Crippen LogP contribution in [0.25, 0.3) is 11.3 Å². The van der Waals surface area contributed by atoms with Gasteiger partial charge in [0.25, 0.3) is 0 Å². The van der Waals surface area contributed by atoms with Gasteiger partial charge in [-0.15, -0.1) is 0 Å². The zero-order valence-electron chi connectivity index (χ0n) is 10.0. The molecular weight excluding hydrogens is 255 g/mol. The summed E-state index contributed by atoms with van der Waals surface area (Å²) in [5, 5.41) is 0. The van der Waals surface area contributed by atoms with E-state index < -0.39 is 11.7 Å². The fourth-order valence-electron chi connectivity index (χ4n) is 1.74. The third kappa shape index (κ3) is 2.81. The second kappa shape index (κ2) is 4.84. The lowest BCUT2D eigenvalue weighted by Crippen LogP contribution is -2.04. The zero-order chi connectivity index (χ0) is 14.0. The molecule has 0 unspecified atom stereocenters. The van der Waals surface area contributed by atoms with Gasteiger partial charge in [0.15, 0.2) is 6.29 Å². The smallest absolute Gasteiger partial charge is 0.298 e. The number of carbonyl (C=O) groups is 1. The monoisotopic (exact) mass is 265 g/mol. The quantitative estimate of drug-likeness (QED) is 0.771. The Morgan fingerprint density at radius 1 is 1.16 bits per heavy atom. The highest BCUT2D eigenvalue weighted by Gasteiger charge is 2.30. The number of rotatable bonds is 2. The summed E-state index contributed by atoms with van der Waals surface area (Å²) in [5.74, 6) is 0. The first-order valence-electron chi connectivity index (χ1n) is 5.51. The number of aromatic nitrogens is 1. The highest BCUT2D eigenvalue weighted by molar-refractivity contribution is 5.85. The first-order valence-corrected chi connectivity index (χ1v) is 5.51. The van der Waals surface area contributed by atoms with Crippen molar-refractivity contribution in [2.24, 2.45) is 0 Å². The molecule has 0 spiro atoms. The van der Waals surface area contributed by atoms with Crippen molar-refractivity contribution in [3.05, 3.63) is 53.2 Å². The van der Waals surface area contributed by atoms with Gasteiger partial charge in [0, 0.05) is 17.3 Å². The normalized spacial score (nSPS) is 11.4. The van der Waals surface area contributed by atoms with Gasteiger partial charge in [-0.2, -0.15) is 13.2 Å². The first-order chi connectivity index (χ1) is 8.91. The summed E-state index contributed by atoms with van der Waals surface area (Å²) in [4.78, 5) is 15.1. The van der Waals surface area contributed by atoms with Crippen LogP contribution in [0.4, 0.5) is 13.2 Å². The molecule has 98 valence electrons. The minimum absolute atomic E-state index is 0.361. The van der Waals surface area contributed by atoms with Crippen molar-refractivity contribution in [3.63, 3.8) is 0 Å².